The molecule has 0 saturated carbocycles. The zero-order valence-corrected chi connectivity index (χ0v) is 14.7. The van der Waals surface area contributed by atoms with Crippen molar-refractivity contribution < 1.29 is 4.79 Å². The van der Waals surface area contributed by atoms with E-state index in [0.29, 0.717) is 17.4 Å². The van der Waals surface area contributed by atoms with Crippen LogP contribution < -0.4 is 0 Å². The summed E-state index contributed by atoms with van der Waals surface area (Å²) in [5, 5.41) is 7.49. The second kappa shape index (κ2) is 6.11. The molecule has 26 heavy (non-hydrogen) atoms. The van der Waals surface area contributed by atoms with E-state index in [9.17, 15) is 4.79 Å². The molecule has 126 valence electrons. The largest absolute Gasteiger partial charge is 0.272 e. The van der Waals surface area contributed by atoms with Gasteiger partial charge in [0.2, 0.25) is 0 Å². The molecule has 1 aliphatic heterocycles. The maximum atomic E-state index is 12.6. The summed E-state index contributed by atoms with van der Waals surface area (Å²) >= 11 is 1.60. The Morgan fingerprint density at radius 3 is 2.58 bits per heavy atom. The fourth-order valence-corrected chi connectivity index (χ4v) is 4.49. The van der Waals surface area contributed by atoms with Crippen LogP contribution in [0.15, 0.2) is 78.0 Å². The summed E-state index contributed by atoms with van der Waals surface area (Å²) in [6.07, 6.45) is 0.431. The van der Waals surface area contributed by atoms with Crippen molar-refractivity contribution in [3.05, 3.63) is 78.4 Å². The molecule has 0 spiro atoms. The molecule has 0 bridgehead atoms. The van der Waals surface area contributed by atoms with E-state index in [1.807, 2.05) is 42.5 Å². The van der Waals surface area contributed by atoms with Gasteiger partial charge in [0.05, 0.1) is 0 Å². The lowest BCUT2D eigenvalue weighted by atomic mass is 10.0. The summed E-state index contributed by atoms with van der Waals surface area (Å²) < 4.78 is 1.46. The molecule has 1 atom stereocenters. The normalized spacial score (nSPS) is 16.6. The molecular weight excluding hydrogens is 342 g/mol. The fourth-order valence-electron chi connectivity index (χ4n) is 3.34. The van der Waals surface area contributed by atoms with Crippen LogP contribution in [0.5, 0.6) is 0 Å². The van der Waals surface area contributed by atoms with Crippen LogP contribution in [0.2, 0.25) is 0 Å². The summed E-state index contributed by atoms with van der Waals surface area (Å²) in [6.45, 7) is 0. The third-order valence-corrected chi connectivity index (χ3v) is 5.82. The smallest absolute Gasteiger partial charge is 0.250 e. The van der Waals surface area contributed by atoms with E-state index in [0.717, 1.165) is 21.9 Å². The molecule has 0 amide bonds. The molecule has 0 fully saturated rings. The molecule has 0 unspecified atom stereocenters. The molecule has 2 heterocycles. The Hall–Kier alpha value is -2.92. The van der Waals surface area contributed by atoms with E-state index >= 15 is 0 Å². The zero-order chi connectivity index (χ0) is 17.5. The van der Waals surface area contributed by atoms with E-state index in [1.165, 1.54) is 4.68 Å². The number of carbonyl (C=O) groups excluding carboxylic acids is 1. The molecule has 4 aromatic rings. The topological polar surface area (TPSA) is 47.8 Å². The van der Waals surface area contributed by atoms with Crippen molar-refractivity contribution in [1.29, 1.82) is 0 Å². The van der Waals surface area contributed by atoms with Crippen molar-refractivity contribution in [2.75, 3.05) is 0 Å². The minimum atomic E-state index is -0.00779. The minimum absolute atomic E-state index is 0.00779. The Labute approximate surface area is 154 Å². The SMILES string of the molecule is O=C1C[C@H](c2ccccc2)Sc2nc(-c3cccc4ccccc34)nn21. The molecule has 0 radical (unpaired) electrons. The molecule has 3 aromatic carbocycles. The van der Waals surface area contributed by atoms with Crippen molar-refractivity contribution in [3.8, 4) is 11.4 Å². The lowest BCUT2D eigenvalue weighted by molar-refractivity contribution is 0.0868. The van der Waals surface area contributed by atoms with Gasteiger partial charge >= 0.3 is 0 Å². The van der Waals surface area contributed by atoms with E-state index < -0.39 is 0 Å². The van der Waals surface area contributed by atoms with E-state index in [4.69, 9.17) is 4.98 Å². The van der Waals surface area contributed by atoms with Crippen LogP contribution in [-0.2, 0) is 0 Å². The van der Waals surface area contributed by atoms with Crippen molar-refractivity contribution >= 4 is 28.4 Å². The lowest BCUT2D eigenvalue weighted by Gasteiger charge is -2.20. The second-order valence-electron chi connectivity index (χ2n) is 6.27. The molecular formula is C21H15N3OS. The quantitative estimate of drug-likeness (QED) is 0.508. The van der Waals surface area contributed by atoms with Gasteiger partial charge in [0.15, 0.2) is 11.0 Å². The fraction of sp³-hybridized carbons (Fsp3) is 0.0952. The van der Waals surface area contributed by atoms with Crippen LogP contribution in [0.4, 0.5) is 0 Å². The highest BCUT2D eigenvalue weighted by Crippen LogP contribution is 2.41. The highest BCUT2D eigenvalue weighted by atomic mass is 32.2. The van der Waals surface area contributed by atoms with Crippen molar-refractivity contribution in [1.82, 2.24) is 14.8 Å². The van der Waals surface area contributed by atoms with Gasteiger partial charge in [0, 0.05) is 17.2 Å². The molecule has 0 N–H and O–H groups in total. The number of hydrogen-bond acceptors (Lipinski definition) is 4. The van der Waals surface area contributed by atoms with Gasteiger partial charge in [-0.1, -0.05) is 84.6 Å². The third-order valence-electron chi connectivity index (χ3n) is 4.62. The maximum absolute atomic E-state index is 12.6. The van der Waals surface area contributed by atoms with Crippen molar-refractivity contribution in [2.45, 2.75) is 16.8 Å². The molecule has 0 saturated heterocycles. The summed E-state index contributed by atoms with van der Waals surface area (Å²) in [5.41, 5.74) is 2.10. The number of carbonyl (C=O) groups is 1. The number of nitrogens with zero attached hydrogens (tertiary/aromatic N) is 3. The number of rotatable bonds is 2. The van der Waals surface area contributed by atoms with Crippen LogP contribution in [0.25, 0.3) is 22.2 Å². The first-order valence-corrected chi connectivity index (χ1v) is 9.37. The van der Waals surface area contributed by atoms with E-state index in [1.54, 1.807) is 11.8 Å². The predicted octanol–water partition coefficient (Wildman–Crippen LogP) is 4.98. The number of thioether (sulfide) groups is 1. The van der Waals surface area contributed by atoms with Crippen LogP contribution in [0.3, 0.4) is 0 Å². The molecule has 5 heteroatoms. The van der Waals surface area contributed by atoms with Crippen molar-refractivity contribution in [3.63, 3.8) is 0 Å². The van der Waals surface area contributed by atoms with Gasteiger partial charge in [0.25, 0.3) is 5.91 Å². The summed E-state index contributed by atoms with van der Waals surface area (Å²) in [4.78, 5) is 17.3. The van der Waals surface area contributed by atoms with Crippen LogP contribution in [0, 0.1) is 0 Å². The summed E-state index contributed by atoms with van der Waals surface area (Å²) in [5.74, 6) is 0.595. The molecule has 1 aliphatic rings. The predicted molar refractivity (Wildman–Crippen MR) is 103 cm³/mol. The Morgan fingerprint density at radius 2 is 1.69 bits per heavy atom. The van der Waals surface area contributed by atoms with Crippen LogP contribution in [0.1, 0.15) is 22.0 Å². The molecule has 4 nitrogen and oxygen atoms in total. The molecule has 1 aromatic heterocycles. The summed E-state index contributed by atoms with van der Waals surface area (Å²) in [7, 11) is 0. The van der Waals surface area contributed by atoms with Gasteiger partial charge in [-0.25, -0.2) is 4.98 Å². The average Bonchev–Trinajstić information content (AvgIpc) is 3.13. The number of hydrogen-bond donors (Lipinski definition) is 0. The second-order valence-corrected chi connectivity index (χ2v) is 7.44. The number of aromatic nitrogens is 3. The standard InChI is InChI=1S/C21H15N3OS/c25-19-13-18(15-8-2-1-3-9-15)26-21-22-20(23-24(19)21)17-12-6-10-14-7-4-5-11-16(14)17/h1-12,18H,13H2/t18-/m1/s1. The Kier molecular flexibility index (Phi) is 3.60. The first kappa shape index (κ1) is 15.3. The van der Waals surface area contributed by atoms with Gasteiger partial charge in [0.1, 0.15) is 0 Å². The first-order valence-electron chi connectivity index (χ1n) is 8.49. The first-order chi connectivity index (χ1) is 12.8. The van der Waals surface area contributed by atoms with Gasteiger partial charge in [-0.05, 0) is 16.3 Å². The van der Waals surface area contributed by atoms with Gasteiger partial charge in [-0.2, -0.15) is 4.68 Å². The minimum Gasteiger partial charge on any atom is -0.272 e. The van der Waals surface area contributed by atoms with Gasteiger partial charge in [-0.3, -0.25) is 4.79 Å². The Balaban J connectivity index is 1.58. The number of fused-ring (bicyclic) bond motifs is 2. The monoisotopic (exact) mass is 357 g/mol. The van der Waals surface area contributed by atoms with E-state index in [-0.39, 0.29) is 11.2 Å². The number of benzene rings is 3. The highest BCUT2D eigenvalue weighted by molar-refractivity contribution is 7.99. The van der Waals surface area contributed by atoms with Gasteiger partial charge < -0.3 is 0 Å². The zero-order valence-electron chi connectivity index (χ0n) is 13.9. The maximum Gasteiger partial charge on any atom is 0.250 e. The Morgan fingerprint density at radius 1 is 0.923 bits per heavy atom. The van der Waals surface area contributed by atoms with Crippen LogP contribution in [-0.4, -0.2) is 20.7 Å². The Bertz CT molecular complexity index is 1120. The average molecular weight is 357 g/mol. The summed E-state index contributed by atoms with van der Waals surface area (Å²) in [6, 6.07) is 24.3. The third kappa shape index (κ3) is 2.52. The molecule has 0 aliphatic carbocycles. The van der Waals surface area contributed by atoms with Gasteiger partial charge in [-0.15, -0.1) is 5.10 Å². The lowest BCUT2D eigenvalue weighted by Crippen LogP contribution is -2.20. The van der Waals surface area contributed by atoms with Crippen LogP contribution >= 0.6 is 11.8 Å². The highest BCUT2D eigenvalue weighted by Gasteiger charge is 2.30. The van der Waals surface area contributed by atoms with Crippen molar-refractivity contribution in [2.24, 2.45) is 0 Å². The molecule has 5 rings (SSSR count). The van der Waals surface area contributed by atoms with E-state index in [2.05, 4.69) is 35.4 Å².